The smallest absolute Gasteiger partial charge is 0.336 e. The second kappa shape index (κ2) is 9.69. The molecule has 1 spiro atoms. The Labute approximate surface area is 291 Å². The summed E-state index contributed by atoms with van der Waals surface area (Å²) in [6, 6.07) is 1.54. The van der Waals surface area contributed by atoms with E-state index in [-0.39, 0.29) is 6.42 Å². The van der Waals surface area contributed by atoms with E-state index in [0.717, 1.165) is 21.0 Å². The molecule has 1 aromatic heterocycles. The summed E-state index contributed by atoms with van der Waals surface area (Å²) in [7, 11) is 1.13. The standard InChI is InChI=1S/C35H42O16/c1-14(2)24(39)50-22-21(47-15(3)36)30-13-31(30)23(49-20(30)17-8-9-46-11-17)25(40)51-27-33(42)26(48-16(4)37)28(5)12-32(33,41)29(6,18(28)10-19(38)45-7)34(22,43)35(27,31)44/h8-9,11,14,18,20-23,26-27,41-44H,10,12-13H2,1-7H3/t18-,20+,21-,22+,23-,26-,27+,28-,29+,30+,31+,32+,33-,34-,35-/m0/s1. The van der Waals surface area contributed by atoms with Gasteiger partial charge in [0.1, 0.15) is 22.9 Å². The fourth-order valence-electron chi connectivity index (χ4n) is 12.7. The van der Waals surface area contributed by atoms with Gasteiger partial charge in [0.05, 0.1) is 42.5 Å². The first-order chi connectivity index (χ1) is 23.7. The van der Waals surface area contributed by atoms with Crippen molar-refractivity contribution in [1.82, 2.24) is 0 Å². The summed E-state index contributed by atoms with van der Waals surface area (Å²) in [5, 5.41) is 54.2. The molecule has 7 fully saturated rings. The Morgan fingerprint density at radius 1 is 0.941 bits per heavy atom. The Bertz CT molecular complexity index is 1780. The molecule has 0 amide bonds. The molecule has 0 radical (unpaired) electrons. The summed E-state index contributed by atoms with van der Waals surface area (Å²) in [6.45, 7) is 8.11. The number of ether oxygens (including phenoxy) is 6. The highest BCUT2D eigenvalue weighted by Gasteiger charge is 3.08. The van der Waals surface area contributed by atoms with E-state index in [4.69, 9.17) is 32.8 Å². The third-order valence-corrected chi connectivity index (χ3v) is 14.3. The molecular weight excluding hydrogens is 676 g/mol. The molecule has 51 heavy (non-hydrogen) atoms. The van der Waals surface area contributed by atoms with Crippen molar-refractivity contribution >= 4 is 29.8 Å². The monoisotopic (exact) mass is 718 g/mol. The van der Waals surface area contributed by atoms with E-state index in [0.29, 0.717) is 5.56 Å². The van der Waals surface area contributed by atoms with Gasteiger partial charge in [-0.3, -0.25) is 19.2 Å². The fraction of sp³-hybridized carbons (Fsp3) is 0.743. The Hall–Kier alpha value is -3.57. The number of esters is 5. The average Bonchev–Trinajstić information content (AvgIpc) is 3.30. The Morgan fingerprint density at radius 3 is 2.18 bits per heavy atom. The van der Waals surface area contributed by atoms with E-state index in [9.17, 15) is 44.4 Å². The zero-order chi connectivity index (χ0) is 37.3. The number of hydrogen-bond acceptors (Lipinski definition) is 16. The summed E-state index contributed by atoms with van der Waals surface area (Å²) >= 11 is 0. The molecule has 2 aliphatic heterocycles. The van der Waals surface area contributed by atoms with Gasteiger partial charge in [0.15, 0.2) is 30.0 Å². The minimum Gasteiger partial charge on any atom is -0.472 e. The van der Waals surface area contributed by atoms with Gasteiger partial charge in [0.25, 0.3) is 0 Å². The molecule has 0 aromatic carbocycles. The second-order valence-electron chi connectivity index (χ2n) is 16.4. The van der Waals surface area contributed by atoms with Crippen molar-refractivity contribution in [1.29, 1.82) is 0 Å². The van der Waals surface area contributed by atoms with Crippen LogP contribution in [0.3, 0.4) is 0 Å². The largest absolute Gasteiger partial charge is 0.472 e. The van der Waals surface area contributed by atoms with Gasteiger partial charge in [-0.25, -0.2) is 4.79 Å². The quantitative estimate of drug-likeness (QED) is 0.215. The van der Waals surface area contributed by atoms with E-state index in [2.05, 4.69) is 0 Å². The van der Waals surface area contributed by atoms with Gasteiger partial charge in [0.2, 0.25) is 0 Å². The van der Waals surface area contributed by atoms with Crippen LogP contribution in [0.25, 0.3) is 0 Å². The minimum absolute atomic E-state index is 0.194. The van der Waals surface area contributed by atoms with Crippen molar-refractivity contribution in [2.45, 2.75) is 120 Å². The van der Waals surface area contributed by atoms with Crippen LogP contribution in [-0.2, 0) is 52.4 Å². The number of carbonyl (C=O) groups is 5. The zero-order valence-electron chi connectivity index (χ0n) is 29.2. The maximum atomic E-state index is 14.2. The van der Waals surface area contributed by atoms with E-state index < -0.39 is 135 Å². The molecule has 5 saturated carbocycles. The van der Waals surface area contributed by atoms with E-state index in [1.165, 1.54) is 33.3 Å². The molecule has 7 aliphatic rings. The number of methoxy groups -OCH3 is 1. The third-order valence-electron chi connectivity index (χ3n) is 14.3. The summed E-state index contributed by atoms with van der Waals surface area (Å²) in [6.07, 6.45) is -8.95. The van der Waals surface area contributed by atoms with E-state index in [1.807, 2.05) is 0 Å². The molecule has 16 nitrogen and oxygen atoms in total. The van der Waals surface area contributed by atoms with Crippen LogP contribution in [0.2, 0.25) is 0 Å². The second-order valence-corrected chi connectivity index (χ2v) is 16.4. The third kappa shape index (κ3) is 3.19. The topological polar surface area (TPSA) is 235 Å². The molecule has 15 atom stereocenters. The molecule has 1 aromatic rings. The van der Waals surface area contributed by atoms with Gasteiger partial charge >= 0.3 is 29.8 Å². The summed E-state index contributed by atoms with van der Waals surface area (Å²) in [4.78, 5) is 67.0. The van der Waals surface area contributed by atoms with Crippen LogP contribution >= 0.6 is 0 Å². The highest BCUT2D eigenvalue weighted by Crippen LogP contribution is 2.93. The van der Waals surface area contributed by atoms with Crippen LogP contribution in [0, 0.1) is 33.5 Å². The minimum atomic E-state index is -2.98. The van der Waals surface area contributed by atoms with Gasteiger partial charge in [-0.1, -0.05) is 27.7 Å². The SMILES string of the molecule is COC(=O)C[C@H]1[C@]2(C)C[C@]3(O)[C@@](O)([C@H]4OC(=O)[C@@H]5O[C@H](c6ccoc6)[C@@]67C[C@@]56[C@]4(O)[C@](O)([C@H](OC(=O)C(C)C)[C@@H]7OC(C)=O)[C@]13C)[C@H]2OC(C)=O. The number of carbonyl (C=O) groups excluding carboxylic acids is 5. The predicted octanol–water partition coefficient (Wildman–Crippen LogP) is 0.0134. The Balaban J connectivity index is 1.50. The lowest BCUT2D eigenvalue weighted by molar-refractivity contribution is -0.458. The van der Waals surface area contributed by atoms with Crippen molar-refractivity contribution in [2.75, 3.05) is 7.11 Å². The van der Waals surface area contributed by atoms with Crippen LogP contribution < -0.4 is 0 Å². The first-order valence-corrected chi connectivity index (χ1v) is 17.1. The van der Waals surface area contributed by atoms with Crippen LogP contribution in [0.1, 0.15) is 72.5 Å². The van der Waals surface area contributed by atoms with Crippen molar-refractivity contribution in [3.05, 3.63) is 24.2 Å². The van der Waals surface area contributed by atoms with Crippen LogP contribution in [0.5, 0.6) is 0 Å². The van der Waals surface area contributed by atoms with Gasteiger partial charge in [-0.15, -0.1) is 0 Å². The van der Waals surface area contributed by atoms with Gasteiger partial charge in [-0.05, 0) is 24.8 Å². The lowest BCUT2D eigenvalue weighted by Gasteiger charge is -2.76. The number of rotatable bonds is 7. The highest BCUT2D eigenvalue weighted by molar-refractivity contribution is 5.83. The lowest BCUT2D eigenvalue weighted by Crippen LogP contribution is -2.98. The molecule has 3 heterocycles. The molecule has 0 unspecified atom stereocenters. The Morgan fingerprint density at radius 2 is 1.61 bits per heavy atom. The number of furan rings is 1. The number of fused-ring (bicyclic) bond motifs is 3. The molecule has 278 valence electrons. The van der Waals surface area contributed by atoms with Gasteiger partial charge < -0.3 is 53.3 Å². The molecule has 8 rings (SSSR count). The Kier molecular flexibility index (Phi) is 6.56. The van der Waals surface area contributed by atoms with Crippen LogP contribution in [0.4, 0.5) is 0 Å². The molecular formula is C35H42O16. The molecule has 16 heteroatoms. The maximum Gasteiger partial charge on any atom is 0.336 e. The molecule has 4 N–H and O–H groups in total. The highest BCUT2D eigenvalue weighted by atomic mass is 16.6. The van der Waals surface area contributed by atoms with Crippen molar-refractivity contribution in [2.24, 2.45) is 33.5 Å². The fourth-order valence-corrected chi connectivity index (χ4v) is 12.7. The number of aliphatic hydroxyl groups is 4. The van der Waals surface area contributed by atoms with Crippen LogP contribution in [0.15, 0.2) is 23.0 Å². The lowest BCUT2D eigenvalue weighted by atomic mass is 9.33. The van der Waals surface area contributed by atoms with Gasteiger partial charge in [-0.2, -0.15) is 0 Å². The van der Waals surface area contributed by atoms with Gasteiger partial charge in [0, 0.05) is 36.7 Å². The van der Waals surface area contributed by atoms with E-state index in [1.54, 1.807) is 13.0 Å². The van der Waals surface area contributed by atoms with E-state index >= 15 is 0 Å². The molecule has 2 saturated heterocycles. The first-order valence-electron chi connectivity index (χ1n) is 17.1. The number of hydrogen-bond donors (Lipinski definition) is 4. The summed E-state index contributed by atoms with van der Waals surface area (Å²) < 4.78 is 40.7. The zero-order valence-corrected chi connectivity index (χ0v) is 29.2. The average molecular weight is 719 g/mol. The van der Waals surface area contributed by atoms with Crippen molar-refractivity contribution < 1.29 is 77.2 Å². The van der Waals surface area contributed by atoms with Crippen LogP contribution in [-0.4, -0.2) is 110 Å². The summed E-state index contributed by atoms with van der Waals surface area (Å²) in [5.74, 6) is -6.62. The first kappa shape index (κ1) is 34.5. The molecule has 2 bridgehead atoms. The summed E-state index contributed by atoms with van der Waals surface area (Å²) in [5.41, 5.74) is -18.4. The van der Waals surface area contributed by atoms with Crippen molar-refractivity contribution in [3.8, 4) is 0 Å². The van der Waals surface area contributed by atoms with Crippen molar-refractivity contribution in [3.63, 3.8) is 0 Å². The predicted molar refractivity (Wildman–Crippen MR) is 162 cm³/mol. The normalized spacial score (nSPS) is 52.0. The maximum absolute atomic E-state index is 14.2. The molecule has 5 aliphatic carbocycles.